The minimum atomic E-state index is 0.724. The Kier molecular flexibility index (Phi) is 1.87. The van der Waals surface area contributed by atoms with E-state index in [2.05, 4.69) is 31.1 Å². The van der Waals surface area contributed by atoms with E-state index >= 15 is 0 Å². The van der Waals surface area contributed by atoms with Crippen LogP contribution in [-0.2, 0) is 6.42 Å². The van der Waals surface area contributed by atoms with Crippen LogP contribution in [0.15, 0.2) is 12.3 Å². The Morgan fingerprint density at radius 3 is 3.17 bits per heavy atom. The Labute approximate surface area is 73.8 Å². The van der Waals surface area contributed by atoms with E-state index in [-0.39, 0.29) is 0 Å². The predicted molar refractivity (Wildman–Crippen MR) is 50.3 cm³/mol. The van der Waals surface area contributed by atoms with Gasteiger partial charge in [0.2, 0.25) is 0 Å². The molecule has 1 aromatic rings. The lowest BCUT2D eigenvalue weighted by molar-refractivity contribution is 0.586. The van der Waals surface area contributed by atoms with E-state index in [4.69, 9.17) is 0 Å². The van der Waals surface area contributed by atoms with Crippen LogP contribution in [0.4, 0.5) is 0 Å². The molecule has 1 unspecified atom stereocenters. The highest BCUT2D eigenvalue weighted by atomic mass is 14.7. The number of hydrogen-bond acceptors (Lipinski definition) is 1. The fraction of sp³-hybridized carbons (Fsp3) is 0.545. The molecule has 0 bridgehead atoms. The molecule has 1 aromatic heterocycles. The maximum Gasteiger partial charge on any atom is 0.0375 e. The van der Waals surface area contributed by atoms with E-state index < -0.39 is 0 Å². The number of pyridine rings is 1. The third-order valence-corrected chi connectivity index (χ3v) is 2.78. The SMILES string of the molecule is Cc1cc2c(cn1)C(C)CCC2. The van der Waals surface area contributed by atoms with Crippen molar-refractivity contribution in [2.75, 3.05) is 0 Å². The third-order valence-electron chi connectivity index (χ3n) is 2.78. The van der Waals surface area contributed by atoms with Gasteiger partial charge in [0.05, 0.1) is 0 Å². The topological polar surface area (TPSA) is 12.9 Å². The van der Waals surface area contributed by atoms with E-state index in [9.17, 15) is 0 Å². The minimum Gasteiger partial charge on any atom is -0.261 e. The van der Waals surface area contributed by atoms with E-state index in [0.29, 0.717) is 0 Å². The lowest BCUT2D eigenvalue weighted by Gasteiger charge is -2.21. The Morgan fingerprint density at radius 2 is 2.33 bits per heavy atom. The molecular formula is C11H15N. The van der Waals surface area contributed by atoms with Crippen molar-refractivity contribution in [3.63, 3.8) is 0 Å². The summed E-state index contributed by atoms with van der Waals surface area (Å²) in [6.07, 6.45) is 5.99. The van der Waals surface area contributed by atoms with E-state index in [1.54, 1.807) is 0 Å². The average molecular weight is 161 g/mol. The fourth-order valence-corrected chi connectivity index (χ4v) is 2.04. The Bertz CT molecular complexity index is 291. The lowest BCUT2D eigenvalue weighted by Crippen LogP contribution is -2.07. The predicted octanol–water partition coefficient (Wildman–Crippen LogP) is 2.83. The quantitative estimate of drug-likeness (QED) is 0.570. The second-order valence-electron chi connectivity index (χ2n) is 3.82. The van der Waals surface area contributed by atoms with Crippen molar-refractivity contribution in [1.82, 2.24) is 4.98 Å². The zero-order chi connectivity index (χ0) is 8.55. The molecule has 1 heterocycles. The molecule has 0 amide bonds. The first-order valence-corrected chi connectivity index (χ1v) is 4.73. The van der Waals surface area contributed by atoms with Gasteiger partial charge >= 0.3 is 0 Å². The molecule has 1 atom stereocenters. The van der Waals surface area contributed by atoms with Crippen molar-refractivity contribution >= 4 is 0 Å². The molecule has 0 aromatic carbocycles. The van der Waals surface area contributed by atoms with Crippen molar-refractivity contribution in [2.24, 2.45) is 0 Å². The molecule has 12 heavy (non-hydrogen) atoms. The highest BCUT2D eigenvalue weighted by Gasteiger charge is 2.15. The van der Waals surface area contributed by atoms with E-state index in [0.717, 1.165) is 11.6 Å². The summed E-state index contributed by atoms with van der Waals surface area (Å²) in [5.74, 6) is 0.724. The molecule has 1 heteroatoms. The number of nitrogens with zero attached hydrogens (tertiary/aromatic N) is 1. The van der Waals surface area contributed by atoms with Crippen LogP contribution in [0, 0.1) is 6.92 Å². The van der Waals surface area contributed by atoms with Crippen molar-refractivity contribution in [3.05, 3.63) is 29.1 Å². The summed E-state index contributed by atoms with van der Waals surface area (Å²) in [5.41, 5.74) is 4.16. The summed E-state index contributed by atoms with van der Waals surface area (Å²) in [6.45, 7) is 4.37. The third kappa shape index (κ3) is 1.24. The number of aromatic nitrogens is 1. The Hall–Kier alpha value is -0.850. The Balaban J connectivity index is 2.46. The molecule has 0 radical (unpaired) electrons. The molecule has 0 N–H and O–H groups in total. The van der Waals surface area contributed by atoms with Crippen molar-refractivity contribution in [2.45, 2.75) is 39.0 Å². The monoisotopic (exact) mass is 161 g/mol. The number of hydrogen-bond donors (Lipinski definition) is 0. The molecule has 0 aliphatic heterocycles. The fourth-order valence-electron chi connectivity index (χ4n) is 2.04. The molecular weight excluding hydrogens is 146 g/mol. The largest absolute Gasteiger partial charge is 0.261 e. The summed E-state index contributed by atoms with van der Waals surface area (Å²) in [6, 6.07) is 2.24. The zero-order valence-corrected chi connectivity index (χ0v) is 7.80. The zero-order valence-electron chi connectivity index (χ0n) is 7.80. The molecule has 0 saturated carbocycles. The molecule has 1 aliphatic rings. The first-order chi connectivity index (χ1) is 5.77. The number of fused-ring (bicyclic) bond motifs is 1. The Morgan fingerprint density at radius 1 is 1.50 bits per heavy atom. The van der Waals surface area contributed by atoms with Gasteiger partial charge in [0.1, 0.15) is 0 Å². The van der Waals surface area contributed by atoms with Crippen molar-refractivity contribution in [3.8, 4) is 0 Å². The lowest BCUT2D eigenvalue weighted by atomic mass is 9.85. The second kappa shape index (κ2) is 2.89. The van der Waals surface area contributed by atoms with Crippen LogP contribution in [0.3, 0.4) is 0 Å². The van der Waals surface area contributed by atoms with Gasteiger partial charge in [0, 0.05) is 11.9 Å². The van der Waals surface area contributed by atoms with E-state index in [1.807, 2.05) is 0 Å². The molecule has 0 saturated heterocycles. The summed E-state index contributed by atoms with van der Waals surface area (Å²) >= 11 is 0. The van der Waals surface area contributed by atoms with Gasteiger partial charge in [-0.3, -0.25) is 4.98 Å². The molecule has 64 valence electrons. The summed E-state index contributed by atoms with van der Waals surface area (Å²) in [4.78, 5) is 4.34. The number of aryl methyl sites for hydroxylation is 2. The first-order valence-electron chi connectivity index (χ1n) is 4.73. The molecule has 0 fully saturated rings. The van der Waals surface area contributed by atoms with Crippen molar-refractivity contribution < 1.29 is 0 Å². The second-order valence-corrected chi connectivity index (χ2v) is 3.82. The molecule has 0 spiro atoms. The van der Waals surface area contributed by atoms with Crippen LogP contribution in [0.5, 0.6) is 0 Å². The molecule has 1 aliphatic carbocycles. The van der Waals surface area contributed by atoms with Gasteiger partial charge in [-0.15, -0.1) is 0 Å². The first kappa shape index (κ1) is 7.78. The van der Waals surface area contributed by atoms with Crippen LogP contribution in [0.25, 0.3) is 0 Å². The van der Waals surface area contributed by atoms with Gasteiger partial charge in [-0.25, -0.2) is 0 Å². The van der Waals surface area contributed by atoms with Gasteiger partial charge in [-0.1, -0.05) is 6.92 Å². The molecule has 2 rings (SSSR count). The van der Waals surface area contributed by atoms with Crippen LogP contribution in [-0.4, -0.2) is 4.98 Å². The summed E-state index contributed by atoms with van der Waals surface area (Å²) < 4.78 is 0. The highest BCUT2D eigenvalue weighted by Crippen LogP contribution is 2.30. The standard InChI is InChI=1S/C11H15N/c1-8-4-3-5-10-6-9(2)12-7-11(8)10/h6-8H,3-5H2,1-2H3. The van der Waals surface area contributed by atoms with Gasteiger partial charge < -0.3 is 0 Å². The van der Waals surface area contributed by atoms with Gasteiger partial charge in [0.25, 0.3) is 0 Å². The van der Waals surface area contributed by atoms with Gasteiger partial charge in [0.15, 0.2) is 0 Å². The summed E-state index contributed by atoms with van der Waals surface area (Å²) in [5, 5.41) is 0. The van der Waals surface area contributed by atoms with Crippen molar-refractivity contribution in [1.29, 1.82) is 0 Å². The average Bonchev–Trinajstić information content (AvgIpc) is 2.04. The van der Waals surface area contributed by atoms with Gasteiger partial charge in [-0.05, 0) is 49.3 Å². The van der Waals surface area contributed by atoms with Crippen LogP contribution in [0.1, 0.15) is 42.5 Å². The summed E-state index contributed by atoms with van der Waals surface area (Å²) in [7, 11) is 0. The normalized spacial score (nSPS) is 22.0. The van der Waals surface area contributed by atoms with E-state index in [1.165, 1.54) is 30.4 Å². The maximum atomic E-state index is 4.34. The van der Waals surface area contributed by atoms with Crippen LogP contribution in [0.2, 0.25) is 0 Å². The minimum absolute atomic E-state index is 0.724. The maximum absolute atomic E-state index is 4.34. The highest BCUT2D eigenvalue weighted by molar-refractivity contribution is 5.31. The van der Waals surface area contributed by atoms with Gasteiger partial charge in [-0.2, -0.15) is 0 Å². The number of rotatable bonds is 0. The van der Waals surface area contributed by atoms with Crippen LogP contribution < -0.4 is 0 Å². The van der Waals surface area contributed by atoms with Crippen LogP contribution >= 0.6 is 0 Å². The smallest absolute Gasteiger partial charge is 0.0375 e. The molecule has 1 nitrogen and oxygen atoms in total.